The number of carbonyl (C=O) groups is 2. The van der Waals surface area contributed by atoms with Crippen LogP contribution in [0.3, 0.4) is 0 Å². The van der Waals surface area contributed by atoms with Gasteiger partial charge in [0.05, 0.1) is 43.1 Å². The van der Waals surface area contributed by atoms with Gasteiger partial charge in [0.25, 0.3) is 0 Å². The van der Waals surface area contributed by atoms with Gasteiger partial charge in [0, 0.05) is 52.3 Å². The fourth-order valence-electron chi connectivity index (χ4n) is 6.95. The van der Waals surface area contributed by atoms with Gasteiger partial charge in [0.15, 0.2) is 0 Å². The minimum atomic E-state index is -0.662. The van der Waals surface area contributed by atoms with Crippen LogP contribution in [0.15, 0.2) is 71.6 Å². The zero-order chi connectivity index (χ0) is 41.0. The van der Waals surface area contributed by atoms with Crippen LogP contribution >= 0.6 is 23.4 Å². The van der Waals surface area contributed by atoms with Gasteiger partial charge in [-0.1, -0.05) is 29.8 Å². The maximum atomic E-state index is 14.4. The largest absolute Gasteiger partial charge is 0.497 e. The van der Waals surface area contributed by atoms with E-state index in [4.69, 9.17) is 35.6 Å². The molecule has 0 saturated carbocycles. The van der Waals surface area contributed by atoms with Crippen LogP contribution in [0.4, 0.5) is 9.18 Å². The third-order valence-corrected chi connectivity index (χ3v) is 10.9. The van der Waals surface area contributed by atoms with Crippen LogP contribution in [0, 0.1) is 12.7 Å². The smallest absolute Gasteiger partial charge is 0.407 e. The number of alkyl carbamates (subject to hydrolysis) is 1. The molecule has 0 spiro atoms. The van der Waals surface area contributed by atoms with Gasteiger partial charge < -0.3 is 28.8 Å². The number of hydrogen-bond acceptors (Lipinski definition) is 8. The number of carbonyl (C=O) groups excluding carboxylic acids is 2. The Morgan fingerprint density at radius 3 is 2.42 bits per heavy atom. The monoisotopic (exact) mass is 814 g/mol. The van der Waals surface area contributed by atoms with E-state index in [2.05, 4.69) is 5.32 Å². The number of aryl methyl sites for hydroxylation is 3. The van der Waals surface area contributed by atoms with E-state index in [9.17, 15) is 14.0 Å². The van der Waals surface area contributed by atoms with E-state index in [-0.39, 0.29) is 19.0 Å². The van der Waals surface area contributed by atoms with Crippen molar-refractivity contribution in [2.45, 2.75) is 70.3 Å². The van der Waals surface area contributed by atoms with E-state index >= 15 is 0 Å². The Kier molecular flexibility index (Phi) is 12.7. The summed E-state index contributed by atoms with van der Waals surface area (Å²) < 4.78 is 40.8. The van der Waals surface area contributed by atoms with Crippen molar-refractivity contribution in [1.82, 2.24) is 19.7 Å². The summed E-state index contributed by atoms with van der Waals surface area (Å²) in [6.07, 6.45) is 0.490. The van der Waals surface area contributed by atoms with Crippen molar-refractivity contribution in [1.29, 1.82) is 0 Å². The molecule has 4 aromatic carbocycles. The third-order valence-electron chi connectivity index (χ3n) is 9.58. The zero-order valence-corrected chi connectivity index (χ0v) is 35.1. The molecule has 300 valence electrons. The molecule has 0 radical (unpaired) electrons. The summed E-state index contributed by atoms with van der Waals surface area (Å²) in [5.74, 6) is 1.40. The van der Waals surface area contributed by atoms with Crippen LogP contribution < -0.4 is 14.8 Å². The van der Waals surface area contributed by atoms with E-state index in [1.54, 1.807) is 57.3 Å². The number of nitrogens with zero attached hydrogens (tertiary/aromatic N) is 3. The van der Waals surface area contributed by atoms with Crippen LogP contribution in [-0.4, -0.2) is 52.3 Å². The van der Waals surface area contributed by atoms with Crippen LogP contribution in [0.1, 0.15) is 67.1 Å². The first-order valence-corrected chi connectivity index (χ1v) is 20.1. The molecule has 6 aromatic rings. The molecule has 1 amide bonds. The standard InChI is InChI=1S/C44H48ClFN4O6S/c1-9-54-42(51)41-33(11-10-20-55-37-23-31(22-28-21-29(46)14-17-32(28)37)57-25-27-12-15-30(53-8)16-13-27)34-18-19-35(45)39(40(34)49(41)6)38-26(2)50(7)48-36(38)24-47-43(52)56-44(3,4)5/h12-19,21-23H,9-11,20,24-25H2,1-8H3,(H,47,52). The molecule has 0 saturated heterocycles. The maximum absolute atomic E-state index is 14.4. The van der Waals surface area contributed by atoms with Crippen LogP contribution in [0.5, 0.6) is 11.5 Å². The van der Waals surface area contributed by atoms with Gasteiger partial charge in [-0.3, -0.25) is 4.68 Å². The van der Waals surface area contributed by atoms with E-state index in [0.717, 1.165) is 54.7 Å². The topological polar surface area (TPSA) is 106 Å². The Morgan fingerprint density at radius 2 is 1.72 bits per heavy atom. The van der Waals surface area contributed by atoms with Gasteiger partial charge >= 0.3 is 12.1 Å². The number of esters is 1. The fraction of sp³-hybridized carbons (Fsp3) is 0.341. The summed E-state index contributed by atoms with van der Waals surface area (Å²) >= 11 is 8.66. The molecule has 57 heavy (non-hydrogen) atoms. The van der Waals surface area contributed by atoms with E-state index in [0.29, 0.717) is 52.9 Å². The minimum absolute atomic E-state index is 0.0977. The molecular weight excluding hydrogens is 767 g/mol. The Balaban J connectivity index is 1.30. The number of halogens is 2. The second-order valence-corrected chi connectivity index (χ2v) is 16.1. The summed E-state index contributed by atoms with van der Waals surface area (Å²) in [5.41, 5.74) is 5.31. The Hall–Kier alpha value is -5.20. The molecule has 1 N–H and O–H groups in total. The molecule has 6 rings (SSSR count). The molecule has 10 nitrogen and oxygen atoms in total. The summed E-state index contributed by atoms with van der Waals surface area (Å²) in [6, 6.07) is 20.3. The normalized spacial score (nSPS) is 11.6. The Morgan fingerprint density at radius 1 is 0.982 bits per heavy atom. The van der Waals surface area contributed by atoms with Crippen LogP contribution in [0.2, 0.25) is 5.02 Å². The number of amides is 1. The number of rotatable bonds is 14. The third kappa shape index (κ3) is 9.34. The number of benzene rings is 4. The number of ether oxygens (including phenoxy) is 4. The van der Waals surface area contributed by atoms with Gasteiger partial charge in [-0.25, -0.2) is 14.0 Å². The quantitative estimate of drug-likeness (QED) is 0.0658. The van der Waals surface area contributed by atoms with E-state index in [1.165, 1.54) is 12.1 Å². The lowest BCUT2D eigenvalue weighted by molar-refractivity contribution is 0.0507. The van der Waals surface area contributed by atoms with Gasteiger partial charge in [0.1, 0.15) is 28.6 Å². The van der Waals surface area contributed by atoms with Crippen LogP contribution in [-0.2, 0) is 42.3 Å². The fourth-order valence-corrected chi connectivity index (χ4v) is 8.12. The number of thioether (sulfide) groups is 1. The summed E-state index contributed by atoms with van der Waals surface area (Å²) in [5, 5.41) is 10.4. The molecule has 0 unspecified atom stereocenters. The number of hydrogen-bond donors (Lipinski definition) is 1. The van der Waals surface area contributed by atoms with Gasteiger partial charge in [-0.2, -0.15) is 5.10 Å². The maximum Gasteiger partial charge on any atom is 0.407 e. The molecule has 0 aliphatic rings. The molecule has 0 bridgehead atoms. The first-order chi connectivity index (χ1) is 27.2. The number of aromatic nitrogens is 3. The number of fused-ring (bicyclic) bond motifs is 2. The molecule has 0 aliphatic carbocycles. The van der Waals surface area contributed by atoms with Gasteiger partial charge in [-0.15, -0.1) is 11.8 Å². The molecule has 0 atom stereocenters. The first-order valence-electron chi connectivity index (χ1n) is 18.8. The zero-order valence-electron chi connectivity index (χ0n) is 33.5. The number of methoxy groups -OCH3 is 1. The van der Waals surface area contributed by atoms with Crippen molar-refractivity contribution in [3.05, 3.63) is 106 Å². The Labute approximate surface area is 341 Å². The van der Waals surface area contributed by atoms with Gasteiger partial charge in [0.2, 0.25) is 0 Å². The Bertz CT molecular complexity index is 2440. The average Bonchev–Trinajstić information content (AvgIpc) is 3.61. The molecule has 2 aromatic heterocycles. The van der Waals surface area contributed by atoms with Crippen molar-refractivity contribution in [3.63, 3.8) is 0 Å². The molecule has 13 heteroatoms. The lowest BCUT2D eigenvalue weighted by atomic mass is 9.98. The molecule has 2 heterocycles. The van der Waals surface area contributed by atoms with E-state index in [1.807, 2.05) is 74.1 Å². The van der Waals surface area contributed by atoms with Crippen LogP contribution in [0.25, 0.3) is 32.8 Å². The highest BCUT2D eigenvalue weighted by Gasteiger charge is 2.28. The van der Waals surface area contributed by atoms with Crippen molar-refractivity contribution in [2.24, 2.45) is 14.1 Å². The minimum Gasteiger partial charge on any atom is -0.497 e. The lowest BCUT2D eigenvalue weighted by Crippen LogP contribution is -2.32. The van der Waals surface area contributed by atoms with Crippen molar-refractivity contribution >= 4 is 57.1 Å². The predicted molar refractivity (Wildman–Crippen MR) is 224 cm³/mol. The molecular formula is C44H48ClFN4O6S. The first kappa shape index (κ1) is 41.4. The summed E-state index contributed by atoms with van der Waals surface area (Å²) in [7, 11) is 5.31. The highest BCUT2D eigenvalue weighted by atomic mass is 35.5. The predicted octanol–water partition coefficient (Wildman–Crippen LogP) is 10.3. The van der Waals surface area contributed by atoms with Crippen molar-refractivity contribution < 1.29 is 32.9 Å². The van der Waals surface area contributed by atoms with Crippen molar-refractivity contribution in [2.75, 3.05) is 20.3 Å². The van der Waals surface area contributed by atoms with Gasteiger partial charge in [-0.05, 0) is 113 Å². The number of nitrogens with one attached hydrogen (secondary N) is 1. The van der Waals surface area contributed by atoms with Crippen molar-refractivity contribution in [3.8, 4) is 22.6 Å². The summed E-state index contributed by atoms with van der Waals surface area (Å²) in [4.78, 5) is 27.2. The van der Waals surface area contributed by atoms with E-state index < -0.39 is 17.7 Å². The highest BCUT2D eigenvalue weighted by Crippen LogP contribution is 2.42. The molecule has 0 aliphatic heterocycles. The second-order valence-electron chi connectivity index (χ2n) is 14.7. The SMILES string of the molecule is CCOC(=O)c1c(CCCOc2cc(SCc3ccc(OC)cc3)cc3cc(F)ccc23)c2ccc(Cl)c(-c3c(CNC(=O)OC(C)(C)C)nn(C)c3C)c2n1C. The second kappa shape index (κ2) is 17.5. The molecule has 0 fully saturated rings. The highest BCUT2D eigenvalue weighted by molar-refractivity contribution is 7.98. The summed E-state index contributed by atoms with van der Waals surface area (Å²) in [6.45, 7) is 9.76. The average molecular weight is 815 g/mol. The lowest BCUT2D eigenvalue weighted by Gasteiger charge is -2.19.